The largest absolute Gasteiger partial charge is 0.383 e. The Morgan fingerprint density at radius 2 is 2.10 bits per heavy atom. The van der Waals surface area contributed by atoms with E-state index in [1.807, 2.05) is 53.0 Å². The number of nitrogen functional groups attached to an aromatic ring is 1. The van der Waals surface area contributed by atoms with Gasteiger partial charge in [-0.3, -0.25) is 9.48 Å². The van der Waals surface area contributed by atoms with E-state index < -0.39 is 0 Å². The van der Waals surface area contributed by atoms with Crippen LogP contribution < -0.4 is 5.73 Å². The van der Waals surface area contributed by atoms with Crippen molar-refractivity contribution in [3.05, 3.63) is 65.1 Å². The summed E-state index contributed by atoms with van der Waals surface area (Å²) >= 11 is 0. The number of hydrogen-bond donors (Lipinski definition) is 1. The Labute approximate surface area is 175 Å². The van der Waals surface area contributed by atoms with Crippen LogP contribution in [0, 0.1) is 11.3 Å². The molecule has 0 fully saturated rings. The van der Waals surface area contributed by atoms with Gasteiger partial charge in [0, 0.05) is 49.5 Å². The highest BCUT2D eigenvalue weighted by Crippen LogP contribution is 2.35. The van der Waals surface area contributed by atoms with Crippen LogP contribution in [0.25, 0.3) is 11.1 Å². The molecule has 1 aliphatic rings. The standard InChI is InChI=1S/C23H24N6O/c1-2-4-21(30)28-12-9-20-19(15-28)22(18(13-24)23(25)27-20)17-7-5-16(6-8-17)14-29-11-3-10-26-29/h3,5-8,10-11H,2,4,9,12,14-15H2,1H3,(H2,25,27). The molecular weight excluding hydrogens is 376 g/mol. The molecule has 0 bridgehead atoms. The number of anilines is 1. The van der Waals surface area contributed by atoms with Crippen molar-refractivity contribution in [3.8, 4) is 17.2 Å². The Morgan fingerprint density at radius 1 is 1.30 bits per heavy atom. The lowest BCUT2D eigenvalue weighted by Crippen LogP contribution is -2.36. The number of hydrogen-bond acceptors (Lipinski definition) is 5. The van der Waals surface area contributed by atoms with E-state index in [9.17, 15) is 10.1 Å². The second kappa shape index (κ2) is 8.37. The number of fused-ring (bicyclic) bond motifs is 1. The quantitative estimate of drug-likeness (QED) is 0.709. The third-order valence-electron chi connectivity index (χ3n) is 5.45. The molecule has 0 spiro atoms. The van der Waals surface area contributed by atoms with Crippen LogP contribution in [-0.2, 0) is 24.3 Å². The Kier molecular flexibility index (Phi) is 5.48. The number of pyridine rings is 1. The highest BCUT2D eigenvalue weighted by Gasteiger charge is 2.27. The zero-order valence-electron chi connectivity index (χ0n) is 17.0. The molecule has 0 saturated carbocycles. The lowest BCUT2D eigenvalue weighted by molar-refractivity contribution is -0.132. The average Bonchev–Trinajstić information content (AvgIpc) is 3.26. The highest BCUT2D eigenvalue weighted by atomic mass is 16.2. The molecule has 3 aromatic rings. The van der Waals surface area contributed by atoms with Crippen LogP contribution in [0.1, 0.15) is 42.1 Å². The molecule has 1 aromatic carbocycles. The fourth-order valence-electron chi connectivity index (χ4n) is 3.95. The van der Waals surface area contributed by atoms with Gasteiger partial charge in [-0.2, -0.15) is 10.4 Å². The maximum atomic E-state index is 12.5. The van der Waals surface area contributed by atoms with E-state index in [4.69, 9.17) is 5.73 Å². The molecule has 30 heavy (non-hydrogen) atoms. The molecular formula is C23H24N6O. The molecule has 0 radical (unpaired) electrons. The number of nitriles is 1. The van der Waals surface area contributed by atoms with E-state index in [0.717, 1.165) is 34.4 Å². The first-order valence-corrected chi connectivity index (χ1v) is 10.2. The van der Waals surface area contributed by atoms with E-state index >= 15 is 0 Å². The third-order valence-corrected chi connectivity index (χ3v) is 5.45. The van der Waals surface area contributed by atoms with Gasteiger partial charge in [-0.05, 0) is 23.6 Å². The third kappa shape index (κ3) is 3.77. The van der Waals surface area contributed by atoms with Crippen molar-refractivity contribution < 1.29 is 4.79 Å². The van der Waals surface area contributed by atoms with Crippen molar-refractivity contribution in [2.75, 3.05) is 12.3 Å². The molecule has 1 amide bonds. The maximum absolute atomic E-state index is 12.5. The number of aromatic nitrogens is 3. The zero-order valence-corrected chi connectivity index (χ0v) is 17.0. The van der Waals surface area contributed by atoms with Gasteiger partial charge in [-0.1, -0.05) is 31.2 Å². The highest BCUT2D eigenvalue weighted by molar-refractivity contribution is 5.81. The minimum atomic E-state index is 0.138. The minimum Gasteiger partial charge on any atom is -0.383 e. The second-order valence-electron chi connectivity index (χ2n) is 7.50. The minimum absolute atomic E-state index is 0.138. The summed E-state index contributed by atoms with van der Waals surface area (Å²) in [4.78, 5) is 18.8. The number of carbonyl (C=O) groups excluding carboxylic acids is 1. The van der Waals surface area contributed by atoms with Gasteiger partial charge in [0.2, 0.25) is 5.91 Å². The summed E-state index contributed by atoms with van der Waals surface area (Å²) in [7, 11) is 0. The molecule has 4 rings (SSSR count). The number of nitrogens with two attached hydrogens (primary N) is 1. The smallest absolute Gasteiger partial charge is 0.222 e. The van der Waals surface area contributed by atoms with E-state index in [1.54, 1.807) is 6.20 Å². The topological polar surface area (TPSA) is 101 Å². The van der Waals surface area contributed by atoms with Gasteiger partial charge < -0.3 is 10.6 Å². The van der Waals surface area contributed by atoms with Crippen molar-refractivity contribution >= 4 is 11.7 Å². The Bertz CT molecular complexity index is 1100. The molecule has 0 saturated heterocycles. The van der Waals surface area contributed by atoms with Crippen LogP contribution >= 0.6 is 0 Å². The molecule has 2 N–H and O–H groups in total. The number of carbonyl (C=O) groups is 1. The van der Waals surface area contributed by atoms with Crippen LogP contribution in [0.5, 0.6) is 0 Å². The lowest BCUT2D eigenvalue weighted by atomic mass is 9.90. The van der Waals surface area contributed by atoms with Gasteiger partial charge in [0.15, 0.2) is 0 Å². The van der Waals surface area contributed by atoms with E-state index in [-0.39, 0.29) is 11.7 Å². The van der Waals surface area contributed by atoms with Crippen LogP contribution in [-0.4, -0.2) is 32.1 Å². The van der Waals surface area contributed by atoms with E-state index in [0.29, 0.717) is 38.0 Å². The lowest BCUT2D eigenvalue weighted by Gasteiger charge is -2.30. The Hall–Kier alpha value is -3.66. The normalized spacial score (nSPS) is 13.0. The summed E-state index contributed by atoms with van der Waals surface area (Å²) in [6.45, 7) is 3.77. The predicted molar refractivity (Wildman–Crippen MR) is 114 cm³/mol. The molecule has 152 valence electrons. The van der Waals surface area contributed by atoms with Gasteiger partial charge >= 0.3 is 0 Å². The van der Waals surface area contributed by atoms with Gasteiger partial charge in [-0.15, -0.1) is 0 Å². The summed E-state index contributed by atoms with van der Waals surface area (Å²) in [6.07, 6.45) is 5.66. The molecule has 2 aromatic heterocycles. The average molecular weight is 400 g/mol. The number of rotatable bonds is 5. The summed E-state index contributed by atoms with van der Waals surface area (Å²) in [6, 6.07) is 12.2. The van der Waals surface area contributed by atoms with Gasteiger partial charge in [-0.25, -0.2) is 4.98 Å². The molecule has 1 aliphatic heterocycles. The van der Waals surface area contributed by atoms with Crippen molar-refractivity contribution in [2.45, 2.75) is 39.3 Å². The first kappa shape index (κ1) is 19.6. The van der Waals surface area contributed by atoms with Crippen LogP contribution in [0.4, 0.5) is 5.82 Å². The second-order valence-corrected chi connectivity index (χ2v) is 7.50. The number of nitrogens with zero attached hydrogens (tertiary/aromatic N) is 5. The molecule has 0 unspecified atom stereocenters. The Morgan fingerprint density at radius 3 is 2.77 bits per heavy atom. The van der Waals surface area contributed by atoms with Gasteiger partial charge in [0.05, 0.1) is 12.2 Å². The maximum Gasteiger partial charge on any atom is 0.222 e. The number of benzene rings is 1. The Balaban J connectivity index is 1.73. The van der Waals surface area contributed by atoms with Crippen molar-refractivity contribution in [1.29, 1.82) is 5.26 Å². The monoisotopic (exact) mass is 400 g/mol. The zero-order chi connectivity index (χ0) is 21.1. The first-order valence-electron chi connectivity index (χ1n) is 10.2. The summed E-state index contributed by atoms with van der Waals surface area (Å²) in [5.74, 6) is 0.388. The molecule has 7 heteroatoms. The molecule has 3 heterocycles. The van der Waals surface area contributed by atoms with E-state index in [2.05, 4.69) is 16.2 Å². The van der Waals surface area contributed by atoms with Gasteiger partial charge in [0.25, 0.3) is 0 Å². The SMILES string of the molecule is CCCC(=O)N1CCc2nc(N)c(C#N)c(-c3ccc(Cn4cccn4)cc3)c2C1. The summed E-state index contributed by atoms with van der Waals surface area (Å²) < 4.78 is 1.86. The van der Waals surface area contributed by atoms with Crippen molar-refractivity contribution in [2.24, 2.45) is 0 Å². The van der Waals surface area contributed by atoms with Gasteiger partial charge in [0.1, 0.15) is 17.5 Å². The first-order chi connectivity index (χ1) is 14.6. The summed E-state index contributed by atoms with van der Waals surface area (Å²) in [5, 5.41) is 14.0. The fourth-order valence-corrected chi connectivity index (χ4v) is 3.95. The molecule has 7 nitrogen and oxygen atoms in total. The molecule has 0 aliphatic carbocycles. The summed E-state index contributed by atoms with van der Waals surface area (Å²) in [5.41, 5.74) is 11.1. The number of amides is 1. The predicted octanol–water partition coefficient (Wildman–Crippen LogP) is 3.13. The molecule has 0 atom stereocenters. The van der Waals surface area contributed by atoms with Crippen LogP contribution in [0.15, 0.2) is 42.7 Å². The van der Waals surface area contributed by atoms with Crippen molar-refractivity contribution in [1.82, 2.24) is 19.7 Å². The van der Waals surface area contributed by atoms with Crippen LogP contribution in [0.3, 0.4) is 0 Å². The van der Waals surface area contributed by atoms with Crippen molar-refractivity contribution in [3.63, 3.8) is 0 Å². The fraction of sp³-hybridized carbons (Fsp3) is 0.304. The van der Waals surface area contributed by atoms with Crippen LogP contribution in [0.2, 0.25) is 0 Å². The van der Waals surface area contributed by atoms with E-state index in [1.165, 1.54) is 0 Å².